The lowest BCUT2D eigenvalue weighted by Crippen LogP contribution is -2.48. The van der Waals surface area contributed by atoms with Crippen LogP contribution in [-0.4, -0.2) is 49.1 Å². The van der Waals surface area contributed by atoms with Gasteiger partial charge in [0.25, 0.3) is 0 Å². The number of anilines is 1. The van der Waals surface area contributed by atoms with Crippen molar-refractivity contribution in [2.75, 3.05) is 31.5 Å². The van der Waals surface area contributed by atoms with Gasteiger partial charge in [0.15, 0.2) is 0 Å². The van der Waals surface area contributed by atoms with E-state index in [4.69, 9.17) is 11.6 Å². The number of hydrogen-bond acceptors (Lipinski definition) is 3. The first-order valence-corrected chi connectivity index (χ1v) is 10.4. The molecule has 0 unspecified atom stereocenters. The monoisotopic (exact) mass is 432 g/mol. The van der Waals surface area contributed by atoms with Gasteiger partial charge < -0.3 is 16.0 Å². The molecule has 6 nitrogen and oxygen atoms in total. The van der Waals surface area contributed by atoms with Gasteiger partial charge in [-0.2, -0.15) is 0 Å². The smallest absolute Gasteiger partial charge is 0.319 e. The van der Waals surface area contributed by atoms with E-state index in [-0.39, 0.29) is 23.8 Å². The zero-order valence-electron chi connectivity index (χ0n) is 16.7. The van der Waals surface area contributed by atoms with Gasteiger partial charge in [0.05, 0.1) is 6.54 Å². The molecule has 2 aromatic carbocycles. The van der Waals surface area contributed by atoms with Gasteiger partial charge in [-0.1, -0.05) is 23.7 Å². The van der Waals surface area contributed by atoms with Crippen molar-refractivity contribution in [3.05, 3.63) is 64.9 Å². The van der Waals surface area contributed by atoms with Crippen LogP contribution in [0.15, 0.2) is 48.5 Å². The molecule has 0 aliphatic carbocycles. The Morgan fingerprint density at radius 1 is 1.03 bits per heavy atom. The third-order valence-corrected chi connectivity index (χ3v) is 5.29. The molecule has 1 saturated heterocycles. The van der Waals surface area contributed by atoms with Gasteiger partial charge in [0, 0.05) is 36.4 Å². The van der Waals surface area contributed by atoms with E-state index in [1.807, 2.05) is 24.3 Å². The second-order valence-electron chi connectivity index (χ2n) is 7.38. The summed E-state index contributed by atoms with van der Waals surface area (Å²) in [5.41, 5.74) is 1.67. The van der Waals surface area contributed by atoms with Crippen LogP contribution < -0.4 is 16.0 Å². The van der Waals surface area contributed by atoms with Crippen LogP contribution in [0.25, 0.3) is 0 Å². The van der Waals surface area contributed by atoms with Gasteiger partial charge >= 0.3 is 6.03 Å². The number of piperidine rings is 1. The fraction of sp³-hybridized carbons (Fsp3) is 0.364. The second kappa shape index (κ2) is 10.9. The van der Waals surface area contributed by atoms with Crippen LogP contribution >= 0.6 is 11.6 Å². The minimum atomic E-state index is -0.345. The van der Waals surface area contributed by atoms with E-state index in [1.165, 1.54) is 24.3 Å². The van der Waals surface area contributed by atoms with E-state index in [9.17, 15) is 14.0 Å². The summed E-state index contributed by atoms with van der Waals surface area (Å²) >= 11 is 5.87. The van der Waals surface area contributed by atoms with Crippen molar-refractivity contribution < 1.29 is 14.0 Å². The Balaban J connectivity index is 1.30. The maximum absolute atomic E-state index is 12.9. The number of nitrogens with one attached hydrogen (secondary N) is 3. The number of likely N-dealkylation sites (tertiary alicyclic amines) is 1. The summed E-state index contributed by atoms with van der Waals surface area (Å²) in [6.07, 6.45) is 2.31. The molecule has 1 aliphatic rings. The number of rotatable bonds is 7. The van der Waals surface area contributed by atoms with Gasteiger partial charge in [-0.05, 0) is 61.2 Å². The number of carbonyl (C=O) groups excluding carboxylic acids is 2. The van der Waals surface area contributed by atoms with E-state index in [0.717, 1.165) is 37.9 Å². The topological polar surface area (TPSA) is 73.5 Å². The standard InChI is InChI=1S/C22H26ClFN4O2/c23-17-3-1-16(2-4-17)9-12-25-21(29)15-28-13-10-20(11-14-28)27-22(30)26-19-7-5-18(24)6-8-19/h1-8,20H,9-15H2,(H,25,29)(H2,26,27,30). The van der Waals surface area contributed by atoms with Crippen LogP contribution in [0.5, 0.6) is 0 Å². The van der Waals surface area contributed by atoms with Crippen LogP contribution in [0.1, 0.15) is 18.4 Å². The zero-order valence-corrected chi connectivity index (χ0v) is 17.4. The first kappa shape index (κ1) is 22.1. The molecule has 3 rings (SSSR count). The molecule has 1 heterocycles. The third kappa shape index (κ3) is 7.31. The van der Waals surface area contributed by atoms with Gasteiger partial charge in [0.2, 0.25) is 5.91 Å². The Labute approximate surface area is 180 Å². The Morgan fingerprint density at radius 3 is 2.37 bits per heavy atom. The van der Waals surface area contributed by atoms with Gasteiger partial charge in [-0.15, -0.1) is 0 Å². The lowest BCUT2D eigenvalue weighted by Gasteiger charge is -2.31. The molecule has 160 valence electrons. The van der Waals surface area contributed by atoms with Crippen molar-refractivity contribution in [3.8, 4) is 0 Å². The quantitative estimate of drug-likeness (QED) is 0.627. The van der Waals surface area contributed by atoms with Crippen LogP contribution in [0, 0.1) is 5.82 Å². The Morgan fingerprint density at radius 2 is 1.70 bits per heavy atom. The first-order chi connectivity index (χ1) is 14.5. The average Bonchev–Trinajstić information content (AvgIpc) is 2.73. The maximum atomic E-state index is 12.9. The Bertz CT molecular complexity index is 837. The summed E-state index contributed by atoms with van der Waals surface area (Å²) in [6, 6.07) is 13.0. The third-order valence-electron chi connectivity index (χ3n) is 5.04. The second-order valence-corrected chi connectivity index (χ2v) is 7.82. The van der Waals surface area contributed by atoms with Crippen molar-refractivity contribution in [1.29, 1.82) is 0 Å². The Hall–Kier alpha value is -2.64. The Kier molecular flexibility index (Phi) is 8.04. The maximum Gasteiger partial charge on any atom is 0.319 e. The van der Waals surface area contributed by atoms with E-state index in [0.29, 0.717) is 23.8 Å². The average molecular weight is 433 g/mol. The molecule has 1 fully saturated rings. The fourth-order valence-electron chi connectivity index (χ4n) is 3.38. The van der Waals surface area contributed by atoms with E-state index in [2.05, 4.69) is 20.9 Å². The number of carbonyl (C=O) groups is 2. The highest BCUT2D eigenvalue weighted by Gasteiger charge is 2.22. The summed E-state index contributed by atoms with van der Waals surface area (Å²) in [4.78, 5) is 26.3. The minimum absolute atomic E-state index is 0.00410. The number of urea groups is 1. The number of nitrogens with zero attached hydrogens (tertiary/aromatic N) is 1. The molecule has 30 heavy (non-hydrogen) atoms. The minimum Gasteiger partial charge on any atom is -0.355 e. The van der Waals surface area contributed by atoms with Gasteiger partial charge in [0.1, 0.15) is 5.82 Å². The van der Waals surface area contributed by atoms with Crippen LogP contribution in [0.4, 0.5) is 14.9 Å². The highest BCUT2D eigenvalue weighted by Crippen LogP contribution is 2.12. The van der Waals surface area contributed by atoms with E-state index >= 15 is 0 Å². The van der Waals surface area contributed by atoms with Crippen LogP contribution in [0.2, 0.25) is 5.02 Å². The SMILES string of the molecule is O=C(CN1CCC(NC(=O)Nc2ccc(F)cc2)CC1)NCCc1ccc(Cl)cc1. The molecular weight excluding hydrogens is 407 g/mol. The van der Waals surface area contributed by atoms with Crippen molar-refractivity contribution >= 4 is 29.2 Å². The lowest BCUT2D eigenvalue weighted by molar-refractivity contribution is -0.122. The van der Waals surface area contributed by atoms with E-state index in [1.54, 1.807) is 0 Å². The highest BCUT2D eigenvalue weighted by atomic mass is 35.5. The zero-order chi connectivity index (χ0) is 21.3. The molecule has 0 spiro atoms. The molecular formula is C22H26ClFN4O2. The van der Waals surface area contributed by atoms with Crippen molar-refractivity contribution in [2.24, 2.45) is 0 Å². The van der Waals surface area contributed by atoms with Gasteiger partial charge in [-0.3, -0.25) is 9.69 Å². The van der Waals surface area contributed by atoms with Crippen LogP contribution in [0.3, 0.4) is 0 Å². The summed E-state index contributed by atoms with van der Waals surface area (Å²) in [6.45, 7) is 2.43. The molecule has 8 heteroatoms. The fourth-order valence-corrected chi connectivity index (χ4v) is 3.50. The molecule has 3 N–H and O–H groups in total. The number of hydrogen-bond donors (Lipinski definition) is 3. The molecule has 1 aliphatic heterocycles. The number of halogens is 2. The molecule has 0 atom stereocenters. The molecule has 0 aromatic heterocycles. The summed E-state index contributed by atoms with van der Waals surface area (Å²) in [5, 5.41) is 9.28. The molecule has 3 amide bonds. The predicted molar refractivity (Wildman–Crippen MR) is 116 cm³/mol. The lowest BCUT2D eigenvalue weighted by atomic mass is 10.1. The van der Waals surface area contributed by atoms with Crippen LogP contribution in [-0.2, 0) is 11.2 Å². The van der Waals surface area contributed by atoms with Gasteiger partial charge in [-0.25, -0.2) is 9.18 Å². The summed E-state index contributed by atoms with van der Waals surface area (Å²) < 4.78 is 12.9. The number of amides is 3. The molecule has 0 radical (unpaired) electrons. The van der Waals surface area contributed by atoms with Crippen molar-refractivity contribution in [1.82, 2.24) is 15.5 Å². The molecule has 0 saturated carbocycles. The molecule has 0 bridgehead atoms. The van der Waals surface area contributed by atoms with E-state index < -0.39 is 0 Å². The predicted octanol–water partition coefficient (Wildman–Crippen LogP) is 3.42. The number of benzene rings is 2. The summed E-state index contributed by atoms with van der Waals surface area (Å²) in [5.74, 6) is -0.341. The molecule has 2 aromatic rings. The van der Waals surface area contributed by atoms with Crippen molar-refractivity contribution in [2.45, 2.75) is 25.3 Å². The normalized spacial score (nSPS) is 14.9. The largest absolute Gasteiger partial charge is 0.355 e. The first-order valence-electron chi connectivity index (χ1n) is 10.0. The highest BCUT2D eigenvalue weighted by molar-refractivity contribution is 6.30. The van der Waals surface area contributed by atoms with Crippen molar-refractivity contribution in [3.63, 3.8) is 0 Å². The summed E-state index contributed by atoms with van der Waals surface area (Å²) in [7, 11) is 0.